The van der Waals surface area contributed by atoms with Crippen LogP contribution in [-0.4, -0.2) is 34.4 Å². The molecule has 0 radical (unpaired) electrons. The van der Waals surface area contributed by atoms with Gasteiger partial charge in [0.2, 0.25) is 16.9 Å². The minimum Gasteiger partial charge on any atom is -0.332 e. The van der Waals surface area contributed by atoms with Gasteiger partial charge in [0.15, 0.2) is 0 Å². The van der Waals surface area contributed by atoms with Crippen molar-refractivity contribution in [2.45, 2.75) is 69.7 Å². The van der Waals surface area contributed by atoms with Crippen LogP contribution >= 0.6 is 11.8 Å². The zero-order valence-electron chi connectivity index (χ0n) is 16.1. The fourth-order valence-electron chi connectivity index (χ4n) is 4.06. The summed E-state index contributed by atoms with van der Waals surface area (Å²) >= 11 is 1.13. The average molecular weight is 389 g/mol. The molecular weight excluding hydrogens is 360 g/mol. The van der Waals surface area contributed by atoms with E-state index in [9.17, 15) is 14.4 Å². The van der Waals surface area contributed by atoms with E-state index in [2.05, 4.69) is 5.32 Å². The van der Waals surface area contributed by atoms with Crippen molar-refractivity contribution in [2.75, 3.05) is 11.9 Å². The third-order valence-corrected chi connectivity index (χ3v) is 6.83. The van der Waals surface area contributed by atoms with Gasteiger partial charge in [-0.1, -0.05) is 38.3 Å². The van der Waals surface area contributed by atoms with E-state index in [0.29, 0.717) is 18.7 Å². The van der Waals surface area contributed by atoms with Gasteiger partial charge in [0.05, 0.1) is 5.69 Å². The molecule has 1 N–H and O–H groups in total. The molecule has 5 nitrogen and oxygen atoms in total. The first-order valence-electron chi connectivity index (χ1n) is 9.80. The van der Waals surface area contributed by atoms with Crippen LogP contribution in [0.25, 0.3) is 0 Å². The van der Waals surface area contributed by atoms with Crippen LogP contribution in [0, 0.1) is 5.41 Å². The summed E-state index contributed by atoms with van der Waals surface area (Å²) in [6.45, 7) is 4.18. The van der Waals surface area contributed by atoms with Gasteiger partial charge in [-0.25, -0.2) is 0 Å². The SMILES string of the molecule is CC(=O)N1CCCC1C(=O)Sc1ccccc1NC(=O)C1(C)CCCCC1. The molecule has 2 fully saturated rings. The zero-order chi connectivity index (χ0) is 19.4. The molecule has 1 unspecified atom stereocenters. The van der Waals surface area contributed by atoms with Crippen molar-refractivity contribution in [1.29, 1.82) is 0 Å². The van der Waals surface area contributed by atoms with Gasteiger partial charge in [0, 0.05) is 23.8 Å². The number of anilines is 1. The smallest absolute Gasteiger partial charge is 0.230 e. The van der Waals surface area contributed by atoms with E-state index < -0.39 is 0 Å². The number of amides is 2. The summed E-state index contributed by atoms with van der Waals surface area (Å²) < 4.78 is 0. The molecule has 27 heavy (non-hydrogen) atoms. The number of hydrogen-bond acceptors (Lipinski definition) is 4. The number of nitrogens with zero attached hydrogens (tertiary/aromatic N) is 1. The van der Waals surface area contributed by atoms with Crippen LogP contribution in [0.4, 0.5) is 5.69 Å². The molecule has 1 atom stereocenters. The summed E-state index contributed by atoms with van der Waals surface area (Å²) in [6, 6.07) is 7.06. The Hall–Kier alpha value is -1.82. The predicted molar refractivity (Wildman–Crippen MR) is 108 cm³/mol. The molecule has 1 aromatic rings. The summed E-state index contributed by atoms with van der Waals surface area (Å²) in [5, 5.41) is 3.02. The van der Waals surface area contributed by atoms with E-state index in [1.165, 1.54) is 13.3 Å². The van der Waals surface area contributed by atoms with Gasteiger partial charge in [-0.2, -0.15) is 0 Å². The molecular formula is C21H28N2O3S. The number of carbonyl (C=O) groups excluding carboxylic acids is 3. The largest absolute Gasteiger partial charge is 0.332 e. The van der Waals surface area contributed by atoms with Gasteiger partial charge < -0.3 is 10.2 Å². The number of thioether (sulfide) groups is 1. The molecule has 1 aliphatic carbocycles. The third kappa shape index (κ3) is 4.54. The highest BCUT2D eigenvalue weighted by atomic mass is 32.2. The van der Waals surface area contributed by atoms with Crippen molar-refractivity contribution in [3.05, 3.63) is 24.3 Å². The Labute approximate surface area is 165 Å². The molecule has 1 heterocycles. The van der Waals surface area contributed by atoms with E-state index in [4.69, 9.17) is 0 Å². The van der Waals surface area contributed by atoms with Crippen molar-refractivity contribution in [3.63, 3.8) is 0 Å². The number of nitrogens with one attached hydrogen (secondary N) is 1. The summed E-state index contributed by atoms with van der Waals surface area (Å²) in [4.78, 5) is 39.8. The monoisotopic (exact) mass is 388 g/mol. The number of likely N-dealkylation sites (tertiary alicyclic amines) is 1. The Balaban J connectivity index is 1.71. The molecule has 146 valence electrons. The van der Waals surface area contributed by atoms with Crippen LogP contribution in [0.15, 0.2) is 29.2 Å². The summed E-state index contributed by atoms with van der Waals surface area (Å²) in [6.07, 6.45) is 6.73. The fourth-order valence-corrected chi connectivity index (χ4v) is 5.03. The molecule has 1 saturated heterocycles. The Morgan fingerprint density at radius 2 is 1.81 bits per heavy atom. The number of rotatable bonds is 4. The zero-order valence-corrected chi connectivity index (χ0v) is 16.9. The Kier molecular flexibility index (Phi) is 6.25. The highest BCUT2D eigenvalue weighted by molar-refractivity contribution is 8.14. The van der Waals surface area contributed by atoms with Crippen molar-refractivity contribution < 1.29 is 14.4 Å². The van der Waals surface area contributed by atoms with Gasteiger partial charge in [-0.05, 0) is 49.6 Å². The van der Waals surface area contributed by atoms with Crippen molar-refractivity contribution in [1.82, 2.24) is 4.90 Å². The maximum absolute atomic E-state index is 12.9. The highest BCUT2D eigenvalue weighted by Crippen LogP contribution is 2.38. The normalized spacial score (nSPS) is 21.7. The first-order chi connectivity index (χ1) is 12.9. The lowest BCUT2D eigenvalue weighted by Gasteiger charge is -2.32. The quantitative estimate of drug-likeness (QED) is 0.784. The standard InChI is InChI=1S/C21H28N2O3S/c1-15(24)23-14-8-10-17(23)19(25)27-18-11-5-4-9-16(18)22-20(26)21(2)12-6-3-7-13-21/h4-5,9,11,17H,3,6-8,10,12-14H2,1-2H3,(H,22,26). The van der Waals surface area contributed by atoms with Crippen LogP contribution in [0.2, 0.25) is 0 Å². The molecule has 2 amide bonds. The van der Waals surface area contributed by atoms with Crippen LogP contribution in [0.1, 0.15) is 58.8 Å². The second kappa shape index (κ2) is 8.46. The summed E-state index contributed by atoms with van der Waals surface area (Å²) in [5.74, 6) is -0.0211. The van der Waals surface area contributed by atoms with Crippen LogP contribution in [0.5, 0.6) is 0 Å². The molecule has 1 aromatic carbocycles. The van der Waals surface area contributed by atoms with Crippen LogP contribution in [-0.2, 0) is 14.4 Å². The molecule has 6 heteroatoms. The van der Waals surface area contributed by atoms with Gasteiger partial charge in [0.1, 0.15) is 6.04 Å². The fraction of sp³-hybridized carbons (Fsp3) is 0.571. The third-order valence-electron chi connectivity index (χ3n) is 5.78. The van der Waals surface area contributed by atoms with Gasteiger partial charge in [-0.3, -0.25) is 14.4 Å². The Morgan fingerprint density at radius 1 is 1.11 bits per heavy atom. The maximum Gasteiger partial charge on any atom is 0.230 e. The Bertz CT molecular complexity index is 728. The van der Waals surface area contributed by atoms with E-state index in [0.717, 1.165) is 48.8 Å². The second-order valence-electron chi connectivity index (χ2n) is 7.86. The van der Waals surface area contributed by atoms with Gasteiger partial charge in [-0.15, -0.1) is 0 Å². The van der Waals surface area contributed by atoms with Crippen molar-refractivity contribution in [3.8, 4) is 0 Å². The lowest BCUT2D eigenvalue weighted by atomic mass is 9.75. The first-order valence-corrected chi connectivity index (χ1v) is 10.6. The van der Waals surface area contributed by atoms with E-state index in [-0.39, 0.29) is 28.4 Å². The second-order valence-corrected chi connectivity index (χ2v) is 8.91. The molecule has 1 aliphatic heterocycles. The van der Waals surface area contributed by atoms with Crippen molar-refractivity contribution in [2.24, 2.45) is 5.41 Å². The van der Waals surface area contributed by atoms with E-state index in [1.54, 1.807) is 4.90 Å². The van der Waals surface area contributed by atoms with E-state index >= 15 is 0 Å². The van der Waals surface area contributed by atoms with Gasteiger partial charge in [0.25, 0.3) is 0 Å². The Morgan fingerprint density at radius 3 is 2.52 bits per heavy atom. The van der Waals surface area contributed by atoms with Crippen LogP contribution < -0.4 is 5.32 Å². The number of hydrogen-bond donors (Lipinski definition) is 1. The molecule has 0 bridgehead atoms. The number of benzene rings is 1. The average Bonchev–Trinajstić information content (AvgIpc) is 3.14. The lowest BCUT2D eigenvalue weighted by molar-refractivity contribution is -0.133. The summed E-state index contributed by atoms with van der Waals surface area (Å²) in [7, 11) is 0. The molecule has 2 aliphatic rings. The summed E-state index contributed by atoms with van der Waals surface area (Å²) in [5.41, 5.74) is 0.344. The number of para-hydroxylation sites is 1. The van der Waals surface area contributed by atoms with Crippen molar-refractivity contribution >= 4 is 34.4 Å². The van der Waals surface area contributed by atoms with E-state index in [1.807, 2.05) is 31.2 Å². The first kappa shape index (κ1) is 19.9. The number of carbonyl (C=O) groups is 3. The van der Waals surface area contributed by atoms with Crippen LogP contribution in [0.3, 0.4) is 0 Å². The molecule has 3 rings (SSSR count). The lowest BCUT2D eigenvalue weighted by Crippen LogP contribution is -2.38. The minimum absolute atomic E-state index is 0.0340. The molecule has 0 aromatic heterocycles. The maximum atomic E-state index is 12.9. The topological polar surface area (TPSA) is 66.5 Å². The molecule has 1 saturated carbocycles. The molecule has 0 spiro atoms. The predicted octanol–water partition coefficient (Wildman–Crippen LogP) is 4.23. The van der Waals surface area contributed by atoms with Gasteiger partial charge >= 0.3 is 0 Å². The highest BCUT2D eigenvalue weighted by Gasteiger charge is 2.36. The minimum atomic E-state index is -0.368.